The number of aryl methyl sites for hydroxylation is 1. The van der Waals surface area contributed by atoms with Crippen molar-refractivity contribution in [3.63, 3.8) is 0 Å². The van der Waals surface area contributed by atoms with Gasteiger partial charge >= 0.3 is 5.97 Å². The molecule has 1 aromatic heterocycles. The molecular weight excluding hydrogens is 474 g/mol. The fourth-order valence-electron chi connectivity index (χ4n) is 4.45. The van der Waals surface area contributed by atoms with E-state index >= 15 is 0 Å². The summed E-state index contributed by atoms with van der Waals surface area (Å²) in [6.07, 6.45) is 3.13. The standard InChI is InChI=1S/C27H33N3O3SSi/c1-8-23-24(20-30(7)25(23)26(31)33-9-2)34(32,28-6)29-35(27(3,4)5,21-16-12-10-13-17-21)22-18-14-11-15-19-22/h8,10-20H,1,6,9H2,2-5,7H3. The summed E-state index contributed by atoms with van der Waals surface area (Å²) in [5.41, 5.74) is 0.649. The minimum Gasteiger partial charge on any atom is -0.461 e. The Morgan fingerprint density at radius 1 is 1.09 bits per heavy atom. The van der Waals surface area contributed by atoms with E-state index in [0.717, 1.165) is 10.4 Å². The quantitative estimate of drug-likeness (QED) is 0.249. The number of carbonyl (C=O) groups excluding carboxylic acids is 1. The van der Waals surface area contributed by atoms with E-state index in [1.807, 2.05) is 60.7 Å². The van der Waals surface area contributed by atoms with Crippen LogP contribution in [0.1, 0.15) is 43.7 Å². The monoisotopic (exact) mass is 507 g/mol. The summed E-state index contributed by atoms with van der Waals surface area (Å²) in [6.45, 7) is 15.9. The van der Waals surface area contributed by atoms with Gasteiger partial charge in [0.1, 0.15) is 5.69 Å². The Bertz CT molecular complexity index is 1310. The van der Waals surface area contributed by atoms with Gasteiger partial charge in [-0.15, -0.1) is 0 Å². The number of nitrogens with zero attached hydrogens (tertiary/aromatic N) is 3. The fourth-order valence-corrected chi connectivity index (χ4v) is 12.8. The predicted molar refractivity (Wildman–Crippen MR) is 147 cm³/mol. The summed E-state index contributed by atoms with van der Waals surface area (Å²) in [7, 11) is -4.85. The van der Waals surface area contributed by atoms with Gasteiger partial charge in [-0.25, -0.2) is 13.0 Å². The smallest absolute Gasteiger partial charge is 0.355 e. The van der Waals surface area contributed by atoms with E-state index in [0.29, 0.717) is 10.5 Å². The first-order valence-electron chi connectivity index (χ1n) is 11.4. The molecule has 1 heterocycles. The molecule has 0 N–H and O–H groups in total. The van der Waals surface area contributed by atoms with Crippen LogP contribution in [0.2, 0.25) is 5.04 Å². The van der Waals surface area contributed by atoms with Crippen molar-refractivity contribution in [1.29, 1.82) is 0 Å². The maximum absolute atomic E-state index is 14.7. The number of benzene rings is 2. The molecule has 0 fully saturated rings. The largest absolute Gasteiger partial charge is 0.461 e. The van der Waals surface area contributed by atoms with E-state index in [1.165, 1.54) is 6.08 Å². The van der Waals surface area contributed by atoms with Crippen molar-refractivity contribution in [3.05, 3.63) is 84.7 Å². The molecule has 0 spiro atoms. The van der Waals surface area contributed by atoms with Crippen molar-refractivity contribution in [3.8, 4) is 0 Å². The second-order valence-electron chi connectivity index (χ2n) is 9.20. The molecule has 0 amide bonds. The number of aromatic nitrogens is 1. The molecule has 8 heteroatoms. The van der Waals surface area contributed by atoms with E-state index < -0.39 is 24.1 Å². The van der Waals surface area contributed by atoms with Gasteiger partial charge in [0.05, 0.1) is 11.5 Å². The maximum atomic E-state index is 14.7. The topological polar surface area (TPSA) is 73.0 Å². The van der Waals surface area contributed by atoms with Gasteiger partial charge in [0.25, 0.3) is 8.24 Å². The van der Waals surface area contributed by atoms with Crippen molar-refractivity contribution in [2.24, 2.45) is 15.5 Å². The van der Waals surface area contributed by atoms with Gasteiger partial charge in [-0.3, -0.25) is 0 Å². The lowest BCUT2D eigenvalue weighted by Crippen LogP contribution is -2.63. The average molecular weight is 508 g/mol. The molecule has 3 rings (SSSR count). The maximum Gasteiger partial charge on any atom is 0.355 e. The molecule has 184 valence electrons. The molecule has 2 aromatic carbocycles. The molecule has 35 heavy (non-hydrogen) atoms. The Labute approximate surface area is 209 Å². The molecule has 0 radical (unpaired) electrons. The summed E-state index contributed by atoms with van der Waals surface area (Å²) in [5, 5.41) is 1.64. The van der Waals surface area contributed by atoms with Gasteiger partial charge in [-0.05, 0) is 22.3 Å². The number of hydrogen-bond donors (Lipinski definition) is 0. The highest BCUT2D eigenvalue weighted by atomic mass is 32.2. The zero-order valence-electron chi connectivity index (χ0n) is 21.0. The molecule has 0 saturated heterocycles. The van der Waals surface area contributed by atoms with Crippen LogP contribution < -0.4 is 10.4 Å². The second-order valence-corrected chi connectivity index (χ2v) is 15.7. The van der Waals surface area contributed by atoms with Crippen LogP contribution in [0.3, 0.4) is 0 Å². The molecule has 6 nitrogen and oxygen atoms in total. The Hall–Kier alpha value is -3.23. The van der Waals surface area contributed by atoms with E-state index in [9.17, 15) is 9.00 Å². The van der Waals surface area contributed by atoms with Crippen molar-refractivity contribution in [2.75, 3.05) is 6.61 Å². The van der Waals surface area contributed by atoms with Crippen molar-refractivity contribution in [1.82, 2.24) is 4.57 Å². The zero-order valence-corrected chi connectivity index (χ0v) is 22.8. The van der Waals surface area contributed by atoms with E-state index in [4.69, 9.17) is 8.77 Å². The number of rotatable bonds is 8. The van der Waals surface area contributed by atoms with Crippen LogP contribution in [0.25, 0.3) is 6.08 Å². The third-order valence-electron chi connectivity index (χ3n) is 6.05. The minimum atomic E-state index is -3.43. The van der Waals surface area contributed by atoms with Gasteiger partial charge in [-0.2, -0.15) is 4.40 Å². The third-order valence-corrected chi connectivity index (χ3v) is 13.9. The van der Waals surface area contributed by atoms with Gasteiger partial charge in [0.2, 0.25) is 0 Å². The zero-order chi connectivity index (χ0) is 25.9. The third kappa shape index (κ3) is 4.68. The first-order valence-corrected chi connectivity index (χ1v) is 14.8. The number of carbonyl (C=O) groups is 1. The van der Waals surface area contributed by atoms with E-state index in [1.54, 1.807) is 24.7 Å². The summed E-state index contributed by atoms with van der Waals surface area (Å²) in [4.78, 5) is 13.0. The van der Waals surface area contributed by atoms with Gasteiger partial charge in [0, 0.05) is 25.5 Å². The SMILES string of the molecule is C=Cc1c(S(=O)(N=C)=N[Si](c2ccccc2)(c2ccccc2)C(C)(C)C)cn(C)c1C(=O)OCC. The molecule has 3 aromatic rings. The van der Waals surface area contributed by atoms with Crippen LogP contribution in [-0.4, -0.2) is 36.3 Å². The molecule has 1 unspecified atom stereocenters. The second kappa shape index (κ2) is 10.2. The Morgan fingerprint density at radius 2 is 1.60 bits per heavy atom. The lowest BCUT2D eigenvalue weighted by atomic mass is 10.2. The van der Waals surface area contributed by atoms with Crippen LogP contribution >= 0.6 is 0 Å². The number of ether oxygens (including phenoxy) is 1. The highest BCUT2D eigenvalue weighted by Crippen LogP contribution is 2.39. The molecule has 0 aliphatic rings. The van der Waals surface area contributed by atoms with Crippen LogP contribution in [-0.2, 0) is 21.7 Å². The van der Waals surface area contributed by atoms with Crippen LogP contribution in [0.5, 0.6) is 0 Å². The average Bonchev–Trinajstić information content (AvgIpc) is 3.20. The normalized spacial score (nSPS) is 13.5. The van der Waals surface area contributed by atoms with Crippen LogP contribution in [0, 0.1) is 0 Å². The summed E-state index contributed by atoms with van der Waals surface area (Å²) in [5.74, 6) is -0.521. The minimum absolute atomic E-state index is 0.220. The van der Waals surface area contributed by atoms with Crippen LogP contribution in [0.4, 0.5) is 0 Å². The Kier molecular flexibility index (Phi) is 7.67. The lowest BCUT2D eigenvalue weighted by molar-refractivity contribution is 0.0515. The van der Waals surface area contributed by atoms with E-state index in [-0.39, 0.29) is 17.3 Å². The van der Waals surface area contributed by atoms with Crippen molar-refractivity contribution in [2.45, 2.75) is 37.6 Å². The van der Waals surface area contributed by atoms with Crippen LogP contribution in [0.15, 0.2) is 86.8 Å². The van der Waals surface area contributed by atoms with Gasteiger partial charge in [-0.1, -0.05) is 94.1 Å². The Balaban J connectivity index is 2.49. The van der Waals surface area contributed by atoms with Crippen molar-refractivity contribution >= 4 is 47.3 Å². The molecule has 0 bridgehead atoms. The molecule has 0 aliphatic heterocycles. The van der Waals surface area contributed by atoms with Gasteiger partial charge in [0.15, 0.2) is 9.92 Å². The molecule has 1 atom stereocenters. The number of esters is 1. The first kappa shape index (κ1) is 26.4. The Morgan fingerprint density at radius 3 is 2.00 bits per heavy atom. The molecular formula is C27H33N3O3SSi. The summed E-state index contributed by atoms with van der Waals surface area (Å²) >= 11 is 0. The molecule has 0 aliphatic carbocycles. The highest BCUT2D eigenvalue weighted by Gasteiger charge is 2.50. The van der Waals surface area contributed by atoms with Crippen molar-refractivity contribution < 1.29 is 13.7 Å². The fraction of sp³-hybridized carbons (Fsp3) is 0.259. The first-order chi connectivity index (χ1) is 16.6. The van der Waals surface area contributed by atoms with E-state index in [2.05, 4.69) is 38.5 Å². The number of hydrogen-bond acceptors (Lipinski definition) is 4. The lowest BCUT2D eigenvalue weighted by Gasteiger charge is -2.40. The summed E-state index contributed by atoms with van der Waals surface area (Å²) < 4.78 is 30.9. The highest BCUT2D eigenvalue weighted by molar-refractivity contribution is 7.93. The predicted octanol–water partition coefficient (Wildman–Crippen LogP) is 4.85. The summed E-state index contributed by atoms with van der Waals surface area (Å²) in [6, 6.07) is 20.0. The molecule has 0 saturated carbocycles. The van der Waals surface area contributed by atoms with Gasteiger partial charge < -0.3 is 9.30 Å².